The van der Waals surface area contributed by atoms with Gasteiger partial charge >= 0.3 is 0 Å². The molecule has 0 spiro atoms. The smallest absolute Gasteiger partial charge is 0.0951 e. The lowest BCUT2D eigenvalue weighted by atomic mass is 10.1. The van der Waals surface area contributed by atoms with E-state index in [1.807, 2.05) is 24.9 Å². The molecule has 4 nitrogen and oxygen atoms in total. The largest absolute Gasteiger partial charge is 0.329 e. The molecule has 0 aliphatic heterocycles. The van der Waals surface area contributed by atoms with E-state index in [-0.39, 0.29) is 0 Å². The molecular weight excluding hydrogens is 224 g/mol. The topological polar surface area (TPSA) is 42.7 Å². The third-order valence-corrected chi connectivity index (χ3v) is 3.42. The van der Waals surface area contributed by atoms with Crippen LogP contribution in [0.2, 0.25) is 0 Å². The van der Waals surface area contributed by atoms with Gasteiger partial charge in [0.2, 0.25) is 0 Å². The Morgan fingerprint density at radius 1 is 1.33 bits per heavy atom. The summed E-state index contributed by atoms with van der Waals surface area (Å²) >= 11 is 0. The number of nitrogens with one attached hydrogen (secondary N) is 1. The molecule has 0 saturated heterocycles. The average molecular weight is 242 g/mol. The molecule has 4 heteroatoms. The van der Waals surface area contributed by atoms with E-state index in [4.69, 9.17) is 0 Å². The number of pyridine rings is 1. The highest BCUT2D eigenvalue weighted by Gasteiger charge is 2.20. The number of nitrogens with zero attached hydrogens (tertiary/aromatic N) is 3. The molecule has 94 valence electrons. The van der Waals surface area contributed by atoms with Crippen LogP contribution in [0.3, 0.4) is 0 Å². The molecule has 0 bridgehead atoms. The number of aryl methyl sites for hydroxylation is 1. The summed E-state index contributed by atoms with van der Waals surface area (Å²) in [7, 11) is 0. The summed E-state index contributed by atoms with van der Waals surface area (Å²) in [5.41, 5.74) is 3.78. The lowest BCUT2D eigenvalue weighted by Crippen LogP contribution is -2.18. The minimum atomic E-state index is 0.732. The maximum absolute atomic E-state index is 4.25. The average Bonchev–Trinajstić information content (AvgIpc) is 3.10. The minimum Gasteiger partial charge on any atom is -0.329 e. The lowest BCUT2D eigenvalue weighted by molar-refractivity contribution is 0.633. The first-order valence-corrected chi connectivity index (χ1v) is 6.45. The molecule has 2 aromatic heterocycles. The molecule has 0 unspecified atom stereocenters. The van der Waals surface area contributed by atoms with Crippen molar-refractivity contribution in [3.63, 3.8) is 0 Å². The Balaban J connectivity index is 1.71. The van der Waals surface area contributed by atoms with Crippen molar-refractivity contribution in [2.75, 3.05) is 0 Å². The van der Waals surface area contributed by atoms with Crippen LogP contribution in [0.25, 0.3) is 0 Å². The molecule has 1 N–H and O–H groups in total. The summed E-state index contributed by atoms with van der Waals surface area (Å²) in [6, 6.07) is 2.81. The zero-order valence-electron chi connectivity index (χ0n) is 10.6. The molecule has 18 heavy (non-hydrogen) atoms. The Kier molecular flexibility index (Phi) is 3.11. The molecule has 3 rings (SSSR count). The molecular formula is C14H18N4. The van der Waals surface area contributed by atoms with E-state index in [1.54, 1.807) is 0 Å². The highest BCUT2D eigenvalue weighted by Crippen LogP contribution is 2.19. The third-order valence-electron chi connectivity index (χ3n) is 3.42. The van der Waals surface area contributed by atoms with E-state index in [1.165, 1.54) is 29.7 Å². The predicted octanol–water partition coefficient (Wildman–Crippen LogP) is 1.89. The Hall–Kier alpha value is -1.68. The van der Waals surface area contributed by atoms with Crippen molar-refractivity contribution in [2.24, 2.45) is 0 Å². The SMILES string of the molecule is Cc1cnccc1Cn1cncc1CNC1CC1. The molecule has 1 aliphatic rings. The van der Waals surface area contributed by atoms with Gasteiger partial charge in [-0.3, -0.25) is 4.98 Å². The van der Waals surface area contributed by atoms with Crippen molar-refractivity contribution in [2.45, 2.75) is 38.9 Å². The van der Waals surface area contributed by atoms with E-state index < -0.39 is 0 Å². The third kappa shape index (κ3) is 2.59. The summed E-state index contributed by atoms with van der Waals surface area (Å²) in [4.78, 5) is 8.38. The second kappa shape index (κ2) is 4.90. The van der Waals surface area contributed by atoms with Crippen molar-refractivity contribution < 1.29 is 0 Å². The van der Waals surface area contributed by atoms with Gasteiger partial charge in [0, 0.05) is 37.7 Å². The Morgan fingerprint density at radius 3 is 3.00 bits per heavy atom. The summed E-state index contributed by atoms with van der Waals surface area (Å²) in [5.74, 6) is 0. The van der Waals surface area contributed by atoms with Crippen LogP contribution in [0.5, 0.6) is 0 Å². The zero-order chi connectivity index (χ0) is 12.4. The van der Waals surface area contributed by atoms with Crippen molar-refractivity contribution in [1.82, 2.24) is 19.9 Å². The molecule has 0 aromatic carbocycles. The van der Waals surface area contributed by atoms with Gasteiger partial charge in [0.1, 0.15) is 0 Å². The van der Waals surface area contributed by atoms with Crippen molar-refractivity contribution in [3.8, 4) is 0 Å². The van der Waals surface area contributed by atoms with E-state index in [0.29, 0.717) is 0 Å². The fourth-order valence-corrected chi connectivity index (χ4v) is 2.04. The van der Waals surface area contributed by atoms with Gasteiger partial charge < -0.3 is 9.88 Å². The van der Waals surface area contributed by atoms with Crippen molar-refractivity contribution in [1.29, 1.82) is 0 Å². The van der Waals surface area contributed by atoms with Gasteiger partial charge in [-0.05, 0) is 37.0 Å². The number of aromatic nitrogens is 3. The van der Waals surface area contributed by atoms with Gasteiger partial charge in [0.15, 0.2) is 0 Å². The van der Waals surface area contributed by atoms with E-state index in [2.05, 4.69) is 32.8 Å². The first-order valence-electron chi connectivity index (χ1n) is 6.45. The van der Waals surface area contributed by atoms with Gasteiger partial charge in [-0.25, -0.2) is 4.98 Å². The second-order valence-corrected chi connectivity index (χ2v) is 4.97. The van der Waals surface area contributed by atoms with Gasteiger partial charge in [-0.2, -0.15) is 0 Å². The van der Waals surface area contributed by atoms with Crippen LogP contribution in [-0.4, -0.2) is 20.6 Å². The Labute approximate surface area is 107 Å². The van der Waals surface area contributed by atoms with Crippen molar-refractivity contribution >= 4 is 0 Å². The van der Waals surface area contributed by atoms with E-state index in [0.717, 1.165) is 19.1 Å². The molecule has 0 atom stereocenters. The zero-order valence-corrected chi connectivity index (χ0v) is 10.6. The Bertz CT molecular complexity index is 528. The number of hydrogen-bond donors (Lipinski definition) is 1. The monoisotopic (exact) mass is 242 g/mol. The van der Waals surface area contributed by atoms with Crippen LogP contribution < -0.4 is 5.32 Å². The quantitative estimate of drug-likeness (QED) is 0.870. The van der Waals surface area contributed by atoms with Crippen LogP contribution >= 0.6 is 0 Å². The predicted molar refractivity (Wildman–Crippen MR) is 70.2 cm³/mol. The van der Waals surface area contributed by atoms with Crippen LogP contribution in [-0.2, 0) is 13.1 Å². The van der Waals surface area contributed by atoms with Crippen LogP contribution in [0, 0.1) is 6.92 Å². The molecule has 2 heterocycles. The highest BCUT2D eigenvalue weighted by molar-refractivity contribution is 5.22. The van der Waals surface area contributed by atoms with E-state index >= 15 is 0 Å². The molecule has 1 aliphatic carbocycles. The summed E-state index contributed by atoms with van der Waals surface area (Å²) in [6.07, 6.45) is 10.3. The van der Waals surface area contributed by atoms with Gasteiger partial charge in [-0.1, -0.05) is 0 Å². The number of rotatable bonds is 5. The standard InChI is InChI=1S/C14H18N4/c1-11-6-15-5-4-12(11)9-18-10-16-7-14(18)8-17-13-2-3-13/h4-7,10,13,17H,2-3,8-9H2,1H3. The van der Waals surface area contributed by atoms with Crippen molar-refractivity contribution in [3.05, 3.63) is 47.8 Å². The number of imidazole rings is 1. The molecule has 1 saturated carbocycles. The normalized spacial score (nSPS) is 14.9. The first kappa shape index (κ1) is 11.4. The number of hydrogen-bond acceptors (Lipinski definition) is 3. The summed E-state index contributed by atoms with van der Waals surface area (Å²) < 4.78 is 2.21. The van der Waals surface area contributed by atoms with Crippen LogP contribution in [0.15, 0.2) is 31.0 Å². The molecule has 1 fully saturated rings. The first-order chi connectivity index (χ1) is 8.83. The maximum Gasteiger partial charge on any atom is 0.0951 e. The van der Waals surface area contributed by atoms with Gasteiger partial charge in [0.25, 0.3) is 0 Å². The molecule has 0 amide bonds. The fourth-order valence-electron chi connectivity index (χ4n) is 2.04. The van der Waals surface area contributed by atoms with E-state index in [9.17, 15) is 0 Å². The summed E-state index contributed by atoms with van der Waals surface area (Å²) in [5, 5.41) is 3.53. The second-order valence-electron chi connectivity index (χ2n) is 4.97. The highest BCUT2D eigenvalue weighted by atomic mass is 15.1. The minimum absolute atomic E-state index is 0.732. The fraction of sp³-hybridized carbons (Fsp3) is 0.429. The van der Waals surface area contributed by atoms with Crippen LogP contribution in [0.1, 0.15) is 29.7 Å². The van der Waals surface area contributed by atoms with Gasteiger partial charge in [0.05, 0.1) is 12.0 Å². The summed E-state index contributed by atoms with van der Waals surface area (Å²) in [6.45, 7) is 3.88. The Morgan fingerprint density at radius 2 is 2.22 bits per heavy atom. The van der Waals surface area contributed by atoms with Crippen LogP contribution in [0.4, 0.5) is 0 Å². The molecule has 2 aromatic rings. The maximum atomic E-state index is 4.25. The lowest BCUT2D eigenvalue weighted by Gasteiger charge is -2.10. The molecule has 0 radical (unpaired) electrons. The van der Waals surface area contributed by atoms with Gasteiger partial charge in [-0.15, -0.1) is 0 Å².